The summed E-state index contributed by atoms with van der Waals surface area (Å²) in [6.45, 7) is 8.72. The first kappa shape index (κ1) is 21.7. The zero-order chi connectivity index (χ0) is 21.6. The highest BCUT2D eigenvalue weighted by Crippen LogP contribution is 2.41. The van der Waals surface area contributed by atoms with Crippen molar-refractivity contribution in [2.45, 2.75) is 58.2 Å². The van der Waals surface area contributed by atoms with Crippen LogP contribution in [0.5, 0.6) is 11.6 Å². The lowest BCUT2D eigenvalue weighted by Gasteiger charge is -2.43. The summed E-state index contributed by atoms with van der Waals surface area (Å²) in [5.74, 6) is -0.925. The summed E-state index contributed by atoms with van der Waals surface area (Å²) >= 11 is 11.8. The lowest BCUT2D eigenvalue weighted by atomic mass is 9.73. The van der Waals surface area contributed by atoms with Crippen LogP contribution in [0.1, 0.15) is 51.7 Å². The molecule has 0 spiro atoms. The van der Waals surface area contributed by atoms with E-state index in [0.29, 0.717) is 17.7 Å². The van der Waals surface area contributed by atoms with Crippen LogP contribution in [0.25, 0.3) is 0 Å². The molecule has 6 nitrogen and oxygen atoms in total. The third-order valence-electron chi connectivity index (χ3n) is 4.94. The van der Waals surface area contributed by atoms with E-state index < -0.39 is 17.1 Å². The highest BCUT2D eigenvalue weighted by molar-refractivity contribution is 6.41. The minimum absolute atomic E-state index is 0.0731. The average molecular weight is 437 g/mol. The highest BCUT2D eigenvalue weighted by atomic mass is 35.5. The number of carbonyl (C=O) groups is 2. The Morgan fingerprint density at radius 2 is 1.66 bits per heavy atom. The molecule has 0 N–H and O–H groups in total. The number of aromatic nitrogens is 2. The number of hydrogen-bond acceptors (Lipinski definition) is 6. The summed E-state index contributed by atoms with van der Waals surface area (Å²) in [5, 5.41) is 7.85. The molecule has 0 bridgehead atoms. The summed E-state index contributed by atoms with van der Waals surface area (Å²) in [4.78, 5) is 26.2. The summed E-state index contributed by atoms with van der Waals surface area (Å²) in [6, 6.07) is 6.73. The Bertz CT molecular complexity index is 963. The number of ether oxygens (including phenoxy) is 2. The van der Waals surface area contributed by atoms with Crippen molar-refractivity contribution in [3.05, 3.63) is 45.6 Å². The second kappa shape index (κ2) is 7.67. The molecule has 8 heteroatoms. The van der Waals surface area contributed by atoms with Crippen LogP contribution in [0.15, 0.2) is 24.3 Å². The average Bonchev–Trinajstić information content (AvgIpc) is 2.63. The van der Waals surface area contributed by atoms with Gasteiger partial charge in [-0.05, 0) is 57.4 Å². The first-order chi connectivity index (χ1) is 13.5. The predicted octanol–water partition coefficient (Wildman–Crippen LogP) is 4.95. The molecule has 0 amide bonds. The predicted molar refractivity (Wildman–Crippen MR) is 110 cm³/mol. The third kappa shape index (κ3) is 4.15. The topological polar surface area (TPSA) is 78.4 Å². The van der Waals surface area contributed by atoms with Crippen molar-refractivity contribution in [1.29, 1.82) is 0 Å². The maximum absolute atomic E-state index is 13.1. The van der Waals surface area contributed by atoms with Gasteiger partial charge in [0, 0.05) is 6.07 Å². The zero-order valence-electron chi connectivity index (χ0n) is 16.9. The van der Waals surface area contributed by atoms with Crippen LogP contribution in [0.3, 0.4) is 0 Å². The van der Waals surface area contributed by atoms with Gasteiger partial charge in [-0.2, -0.15) is 0 Å². The van der Waals surface area contributed by atoms with E-state index in [1.54, 1.807) is 39.8 Å². The number of halogens is 2. The molecule has 1 aliphatic heterocycles. The molecule has 2 heterocycles. The fourth-order valence-electron chi connectivity index (χ4n) is 3.57. The number of benzene rings is 1. The molecular formula is C21H22Cl2N2O4. The molecule has 1 aliphatic rings. The molecule has 1 fully saturated rings. The molecule has 1 saturated heterocycles. The van der Waals surface area contributed by atoms with Crippen molar-refractivity contribution in [3.63, 3.8) is 0 Å². The van der Waals surface area contributed by atoms with Crippen LogP contribution in [-0.4, -0.2) is 33.0 Å². The summed E-state index contributed by atoms with van der Waals surface area (Å²) in [6.07, 6.45) is 0.654. The normalized spacial score (nSPS) is 18.7. The number of nitrogens with zero attached hydrogens (tertiary/aromatic N) is 2. The number of ketones is 2. The summed E-state index contributed by atoms with van der Waals surface area (Å²) < 4.78 is 11.5. The Morgan fingerprint density at radius 1 is 1.03 bits per heavy atom. The second-order valence-corrected chi connectivity index (χ2v) is 8.69. The van der Waals surface area contributed by atoms with Crippen molar-refractivity contribution in [1.82, 2.24) is 10.2 Å². The largest absolute Gasteiger partial charge is 0.437 e. The van der Waals surface area contributed by atoms with E-state index in [9.17, 15) is 9.59 Å². The van der Waals surface area contributed by atoms with Gasteiger partial charge in [0.05, 0.1) is 5.02 Å². The van der Waals surface area contributed by atoms with Crippen LogP contribution in [0.2, 0.25) is 10.2 Å². The molecule has 3 rings (SSSR count). The number of aryl methyl sites for hydroxylation is 1. The minimum Gasteiger partial charge on any atom is -0.437 e. The molecule has 1 aromatic carbocycles. The Balaban J connectivity index is 2.05. The molecule has 0 radical (unpaired) electrons. The Labute approximate surface area is 179 Å². The van der Waals surface area contributed by atoms with Gasteiger partial charge in [-0.25, -0.2) is 0 Å². The molecule has 0 atom stereocenters. The first-order valence-corrected chi connectivity index (χ1v) is 10.00. The molecule has 0 aliphatic carbocycles. The van der Waals surface area contributed by atoms with Crippen LogP contribution in [-0.2, 0) is 20.7 Å². The molecule has 0 unspecified atom stereocenters. The summed E-state index contributed by atoms with van der Waals surface area (Å²) in [5.41, 5.74) is -0.673. The van der Waals surface area contributed by atoms with E-state index in [1.807, 2.05) is 13.0 Å². The lowest BCUT2D eigenvalue weighted by molar-refractivity contribution is -0.184. The monoisotopic (exact) mass is 436 g/mol. The van der Waals surface area contributed by atoms with E-state index in [2.05, 4.69) is 10.2 Å². The van der Waals surface area contributed by atoms with Gasteiger partial charge in [0.2, 0.25) is 5.88 Å². The van der Waals surface area contributed by atoms with E-state index >= 15 is 0 Å². The standard InChI is InChI=1S/C21H22Cl2N2O4/c1-6-11-7-8-12(28-15-10-14(22)19(23)25-24-15)9-13(11)16-17(26)20(2,3)29-21(4,5)18(16)27/h7-10,16H,6H2,1-5H3. The van der Waals surface area contributed by atoms with Crippen molar-refractivity contribution < 1.29 is 19.1 Å². The zero-order valence-corrected chi connectivity index (χ0v) is 18.4. The fraction of sp³-hybridized carbons (Fsp3) is 0.429. The highest BCUT2D eigenvalue weighted by Gasteiger charge is 2.53. The van der Waals surface area contributed by atoms with Gasteiger partial charge in [-0.3, -0.25) is 9.59 Å². The lowest BCUT2D eigenvalue weighted by Crippen LogP contribution is -2.58. The Kier molecular flexibility index (Phi) is 5.73. The molecule has 0 saturated carbocycles. The van der Waals surface area contributed by atoms with Gasteiger partial charge in [0.15, 0.2) is 16.7 Å². The number of Topliss-reactive ketones (excluding diaryl/α,β-unsaturated/α-hetero) is 2. The first-order valence-electron chi connectivity index (χ1n) is 9.24. The van der Waals surface area contributed by atoms with Crippen LogP contribution in [0.4, 0.5) is 0 Å². The quantitative estimate of drug-likeness (QED) is 0.630. The number of rotatable bonds is 4. The summed E-state index contributed by atoms with van der Waals surface area (Å²) in [7, 11) is 0. The van der Waals surface area contributed by atoms with Crippen molar-refractivity contribution >= 4 is 34.8 Å². The van der Waals surface area contributed by atoms with Gasteiger partial charge in [0.1, 0.15) is 22.9 Å². The second-order valence-electron chi connectivity index (χ2n) is 7.92. The molecule has 154 valence electrons. The fourth-order valence-corrected chi connectivity index (χ4v) is 3.79. The molecular weight excluding hydrogens is 415 g/mol. The van der Waals surface area contributed by atoms with Gasteiger partial charge in [0.25, 0.3) is 0 Å². The Hall–Kier alpha value is -2.02. The van der Waals surface area contributed by atoms with E-state index in [0.717, 1.165) is 5.56 Å². The van der Waals surface area contributed by atoms with Crippen LogP contribution < -0.4 is 4.74 Å². The van der Waals surface area contributed by atoms with Crippen molar-refractivity contribution in [2.24, 2.45) is 0 Å². The van der Waals surface area contributed by atoms with Gasteiger partial charge >= 0.3 is 0 Å². The number of hydrogen-bond donors (Lipinski definition) is 0. The molecule has 2 aromatic rings. The maximum atomic E-state index is 13.1. The van der Waals surface area contributed by atoms with Crippen molar-refractivity contribution in [3.8, 4) is 11.6 Å². The van der Waals surface area contributed by atoms with E-state index in [4.69, 9.17) is 32.7 Å². The van der Waals surface area contributed by atoms with Gasteiger partial charge in [-0.1, -0.05) is 36.2 Å². The third-order valence-corrected chi connectivity index (χ3v) is 5.60. The minimum atomic E-state index is -1.08. The van der Waals surface area contributed by atoms with Crippen molar-refractivity contribution in [2.75, 3.05) is 0 Å². The van der Waals surface area contributed by atoms with Crippen LogP contribution >= 0.6 is 23.2 Å². The molecule has 29 heavy (non-hydrogen) atoms. The number of carbonyl (C=O) groups excluding carboxylic acids is 2. The van der Waals surface area contributed by atoms with E-state index in [1.165, 1.54) is 6.07 Å². The maximum Gasteiger partial charge on any atom is 0.240 e. The van der Waals surface area contributed by atoms with Gasteiger partial charge < -0.3 is 9.47 Å². The smallest absolute Gasteiger partial charge is 0.240 e. The Morgan fingerprint density at radius 3 is 2.21 bits per heavy atom. The van der Waals surface area contributed by atoms with Gasteiger partial charge in [-0.15, -0.1) is 10.2 Å². The SMILES string of the molecule is CCc1ccc(Oc2cc(Cl)c(Cl)nn2)cc1C1C(=O)C(C)(C)OC(C)(C)C1=O. The van der Waals surface area contributed by atoms with E-state index in [-0.39, 0.29) is 27.6 Å². The van der Waals surface area contributed by atoms with Crippen LogP contribution in [0, 0.1) is 0 Å². The molecule has 1 aromatic heterocycles.